The number of aromatic nitrogens is 2. The highest BCUT2D eigenvalue weighted by molar-refractivity contribution is 5.91. The van der Waals surface area contributed by atoms with Gasteiger partial charge in [0.2, 0.25) is 5.82 Å². The van der Waals surface area contributed by atoms with Crippen LogP contribution in [0.5, 0.6) is 0 Å². The minimum Gasteiger partial charge on any atom is -0.452 e. The van der Waals surface area contributed by atoms with Crippen LogP contribution in [0.2, 0.25) is 0 Å². The van der Waals surface area contributed by atoms with Crippen LogP contribution >= 0.6 is 0 Å². The van der Waals surface area contributed by atoms with Crippen LogP contribution in [-0.4, -0.2) is 35.3 Å². The number of para-hydroxylation sites is 1. The van der Waals surface area contributed by atoms with E-state index < -0.39 is 5.91 Å². The van der Waals surface area contributed by atoms with Gasteiger partial charge >= 0.3 is 11.8 Å². The molecule has 7 nitrogen and oxygen atoms in total. The number of carbonyl (C=O) groups is 1. The number of fused-ring (bicyclic) bond motifs is 1. The molecule has 1 aromatic carbocycles. The molecule has 1 amide bonds. The molecule has 0 unspecified atom stereocenters. The second kappa shape index (κ2) is 6.33. The van der Waals surface area contributed by atoms with E-state index in [9.17, 15) is 4.79 Å². The molecule has 4 rings (SSSR count). The average molecular weight is 341 g/mol. The molecule has 1 atom stereocenters. The summed E-state index contributed by atoms with van der Waals surface area (Å²) in [5.74, 6) is 0.311. The van der Waals surface area contributed by atoms with Crippen molar-refractivity contribution in [2.24, 2.45) is 0 Å². The van der Waals surface area contributed by atoms with Crippen LogP contribution in [-0.2, 0) is 4.74 Å². The zero-order chi connectivity index (χ0) is 17.4. The van der Waals surface area contributed by atoms with Crippen LogP contribution in [0.1, 0.15) is 34.7 Å². The number of aryl methyl sites for hydroxylation is 2. The third-order valence-electron chi connectivity index (χ3n) is 4.50. The van der Waals surface area contributed by atoms with Crippen molar-refractivity contribution in [2.75, 3.05) is 13.2 Å². The summed E-state index contributed by atoms with van der Waals surface area (Å²) in [6.45, 7) is 5.11. The third kappa shape index (κ3) is 2.91. The van der Waals surface area contributed by atoms with Gasteiger partial charge in [-0.15, -0.1) is 0 Å². The van der Waals surface area contributed by atoms with Crippen LogP contribution < -0.4 is 5.32 Å². The molecular weight excluding hydrogens is 322 g/mol. The largest absolute Gasteiger partial charge is 0.452 e. The molecule has 3 aromatic rings. The topological polar surface area (TPSA) is 90.4 Å². The lowest BCUT2D eigenvalue weighted by molar-refractivity contribution is 0.0822. The summed E-state index contributed by atoms with van der Waals surface area (Å²) in [5.41, 5.74) is 2.75. The van der Waals surface area contributed by atoms with Gasteiger partial charge in [-0.2, -0.15) is 4.98 Å². The number of nitrogens with zero attached hydrogens (tertiary/aromatic N) is 2. The molecule has 0 bridgehead atoms. The first-order valence-corrected chi connectivity index (χ1v) is 8.36. The Bertz CT molecular complexity index is 922. The normalized spacial score (nSPS) is 17.3. The zero-order valence-electron chi connectivity index (χ0n) is 14.2. The van der Waals surface area contributed by atoms with Gasteiger partial charge in [-0.1, -0.05) is 23.4 Å². The van der Waals surface area contributed by atoms with Crippen molar-refractivity contribution in [2.45, 2.75) is 32.8 Å². The molecule has 0 aliphatic carbocycles. The van der Waals surface area contributed by atoms with E-state index in [0.717, 1.165) is 41.5 Å². The molecule has 2 aromatic heterocycles. The van der Waals surface area contributed by atoms with Gasteiger partial charge in [-0.3, -0.25) is 4.79 Å². The Labute approximate surface area is 144 Å². The molecule has 0 spiro atoms. The number of nitrogens with one attached hydrogen (secondary N) is 1. The fourth-order valence-corrected chi connectivity index (χ4v) is 3.09. The zero-order valence-corrected chi connectivity index (χ0v) is 14.2. The number of hydrogen-bond donors (Lipinski definition) is 1. The molecule has 1 aliphatic heterocycles. The molecule has 0 saturated carbocycles. The van der Waals surface area contributed by atoms with E-state index in [1.54, 1.807) is 0 Å². The molecule has 1 saturated heterocycles. The van der Waals surface area contributed by atoms with Gasteiger partial charge in [0.15, 0.2) is 5.76 Å². The minimum atomic E-state index is -0.404. The fraction of sp³-hybridized carbons (Fsp3) is 0.389. The summed E-state index contributed by atoms with van der Waals surface area (Å²) < 4.78 is 16.5. The van der Waals surface area contributed by atoms with Crippen molar-refractivity contribution < 1.29 is 18.5 Å². The maximum absolute atomic E-state index is 12.2. The number of carbonyl (C=O) groups excluding carboxylic acids is 1. The Morgan fingerprint density at radius 2 is 2.24 bits per heavy atom. The Hall–Kier alpha value is -2.67. The molecule has 1 N–H and O–H groups in total. The summed E-state index contributed by atoms with van der Waals surface area (Å²) in [6, 6.07) is 5.94. The van der Waals surface area contributed by atoms with Crippen molar-refractivity contribution in [3.63, 3.8) is 0 Å². The lowest BCUT2D eigenvalue weighted by Gasteiger charge is -2.08. The first-order chi connectivity index (χ1) is 12.1. The Morgan fingerprint density at radius 3 is 3.00 bits per heavy atom. The van der Waals surface area contributed by atoms with Crippen molar-refractivity contribution >= 4 is 16.9 Å². The van der Waals surface area contributed by atoms with Crippen LogP contribution in [0.4, 0.5) is 0 Å². The molecule has 3 heterocycles. The standard InChI is InChI=1S/C18H19N3O4/c1-10-5-3-7-13-11(2)15(24-14(10)13)16-20-18(25-21-16)17(22)19-9-12-6-4-8-23-12/h3,5,7,12H,4,6,8-9H2,1-2H3,(H,19,22)/t12-/m1/s1. The third-order valence-corrected chi connectivity index (χ3v) is 4.50. The van der Waals surface area contributed by atoms with Gasteiger partial charge in [0, 0.05) is 24.1 Å². The van der Waals surface area contributed by atoms with E-state index in [1.807, 2.05) is 32.0 Å². The maximum atomic E-state index is 12.2. The highest BCUT2D eigenvalue weighted by Crippen LogP contribution is 2.32. The fourth-order valence-electron chi connectivity index (χ4n) is 3.09. The molecule has 130 valence electrons. The summed E-state index contributed by atoms with van der Waals surface area (Å²) in [5, 5.41) is 7.67. The number of benzene rings is 1. The van der Waals surface area contributed by atoms with E-state index in [2.05, 4.69) is 15.5 Å². The van der Waals surface area contributed by atoms with Gasteiger partial charge < -0.3 is 19.0 Å². The highest BCUT2D eigenvalue weighted by atomic mass is 16.5. The van der Waals surface area contributed by atoms with E-state index in [0.29, 0.717) is 12.3 Å². The van der Waals surface area contributed by atoms with Crippen molar-refractivity contribution in [1.82, 2.24) is 15.5 Å². The number of rotatable bonds is 4. The Morgan fingerprint density at radius 1 is 1.36 bits per heavy atom. The highest BCUT2D eigenvalue weighted by Gasteiger charge is 2.23. The quantitative estimate of drug-likeness (QED) is 0.784. The molecular formula is C18H19N3O4. The first kappa shape index (κ1) is 15.8. The Balaban J connectivity index is 1.55. The smallest absolute Gasteiger partial charge is 0.316 e. The lowest BCUT2D eigenvalue weighted by Crippen LogP contribution is -2.31. The summed E-state index contributed by atoms with van der Waals surface area (Å²) in [6.07, 6.45) is 2.04. The van der Waals surface area contributed by atoms with Gasteiger partial charge in [-0.25, -0.2) is 0 Å². The molecule has 7 heteroatoms. The molecule has 1 aliphatic rings. The van der Waals surface area contributed by atoms with Crippen molar-refractivity contribution in [3.8, 4) is 11.6 Å². The molecule has 1 fully saturated rings. The minimum absolute atomic E-state index is 0.0620. The summed E-state index contributed by atoms with van der Waals surface area (Å²) in [4.78, 5) is 16.4. The van der Waals surface area contributed by atoms with Crippen LogP contribution in [0.3, 0.4) is 0 Å². The number of ether oxygens (including phenoxy) is 1. The number of furan rings is 1. The van der Waals surface area contributed by atoms with Gasteiger partial charge in [-0.05, 0) is 32.3 Å². The molecule has 25 heavy (non-hydrogen) atoms. The second-order valence-electron chi connectivity index (χ2n) is 6.28. The number of amides is 1. The van der Waals surface area contributed by atoms with E-state index in [1.165, 1.54) is 0 Å². The first-order valence-electron chi connectivity index (χ1n) is 8.36. The molecule has 0 radical (unpaired) electrons. The average Bonchev–Trinajstić information content (AvgIpc) is 3.33. The SMILES string of the molecule is Cc1c(-c2noc(C(=O)NC[C@H]3CCCO3)n2)oc2c(C)cccc12. The van der Waals surface area contributed by atoms with Gasteiger partial charge in [0.05, 0.1) is 6.10 Å². The predicted octanol–water partition coefficient (Wildman–Crippen LogP) is 3.01. The lowest BCUT2D eigenvalue weighted by atomic mass is 10.1. The summed E-state index contributed by atoms with van der Waals surface area (Å²) >= 11 is 0. The Kier molecular flexibility index (Phi) is 4.01. The number of hydrogen-bond acceptors (Lipinski definition) is 6. The second-order valence-corrected chi connectivity index (χ2v) is 6.28. The van der Waals surface area contributed by atoms with Crippen molar-refractivity contribution in [1.29, 1.82) is 0 Å². The van der Waals surface area contributed by atoms with Crippen LogP contribution in [0, 0.1) is 13.8 Å². The van der Waals surface area contributed by atoms with Gasteiger partial charge in [0.25, 0.3) is 0 Å². The van der Waals surface area contributed by atoms with Crippen LogP contribution in [0.25, 0.3) is 22.6 Å². The van der Waals surface area contributed by atoms with Crippen LogP contribution in [0.15, 0.2) is 27.1 Å². The summed E-state index contributed by atoms with van der Waals surface area (Å²) in [7, 11) is 0. The van der Waals surface area contributed by atoms with E-state index in [-0.39, 0.29) is 17.8 Å². The van der Waals surface area contributed by atoms with Gasteiger partial charge in [0.1, 0.15) is 5.58 Å². The van der Waals surface area contributed by atoms with E-state index in [4.69, 9.17) is 13.7 Å². The van der Waals surface area contributed by atoms with Crippen molar-refractivity contribution in [3.05, 3.63) is 35.2 Å². The maximum Gasteiger partial charge on any atom is 0.316 e. The predicted molar refractivity (Wildman–Crippen MR) is 90.3 cm³/mol. The van der Waals surface area contributed by atoms with E-state index >= 15 is 0 Å². The monoisotopic (exact) mass is 341 g/mol.